The van der Waals surface area contributed by atoms with Gasteiger partial charge in [0.15, 0.2) is 0 Å². The van der Waals surface area contributed by atoms with E-state index >= 15 is 0 Å². The summed E-state index contributed by atoms with van der Waals surface area (Å²) in [6, 6.07) is 1.85. The van der Waals surface area contributed by atoms with Crippen molar-refractivity contribution in [3.63, 3.8) is 0 Å². The average molecular weight is 254 g/mol. The highest BCUT2D eigenvalue weighted by molar-refractivity contribution is 7.80. The Morgan fingerprint density at radius 1 is 1.59 bits per heavy atom. The van der Waals surface area contributed by atoms with Crippen LogP contribution < -0.4 is 5.73 Å². The molecule has 0 fully saturated rings. The fraction of sp³-hybridized carbons (Fsp3) is 0.500. The predicted octanol–water partition coefficient (Wildman–Crippen LogP) is 1.86. The Morgan fingerprint density at radius 3 is 2.59 bits per heavy atom. The number of hydrogen-bond acceptors (Lipinski definition) is 3. The van der Waals surface area contributed by atoms with Crippen molar-refractivity contribution in [1.29, 1.82) is 0 Å². The van der Waals surface area contributed by atoms with Crippen LogP contribution in [0.2, 0.25) is 0 Å². The fourth-order valence-electron chi connectivity index (χ4n) is 1.49. The molecule has 17 heavy (non-hydrogen) atoms. The first-order valence-electron chi connectivity index (χ1n) is 5.35. The van der Waals surface area contributed by atoms with Gasteiger partial charge < -0.3 is 15.1 Å². The second-order valence-corrected chi connectivity index (χ2v) is 5.09. The average Bonchev–Trinajstić information content (AvgIpc) is 2.63. The van der Waals surface area contributed by atoms with Gasteiger partial charge in [0.05, 0.1) is 16.7 Å². The Labute approximate surface area is 107 Å². The number of carbonyl (C=O) groups is 1. The van der Waals surface area contributed by atoms with E-state index < -0.39 is 5.41 Å². The Morgan fingerprint density at radius 2 is 2.18 bits per heavy atom. The van der Waals surface area contributed by atoms with Gasteiger partial charge in [-0.05, 0) is 26.8 Å². The van der Waals surface area contributed by atoms with Gasteiger partial charge in [-0.1, -0.05) is 12.2 Å². The van der Waals surface area contributed by atoms with Crippen LogP contribution in [-0.2, 0) is 11.3 Å². The summed E-state index contributed by atoms with van der Waals surface area (Å²) in [4.78, 5) is 14.0. The molecule has 1 rings (SSSR count). The lowest BCUT2D eigenvalue weighted by molar-refractivity contribution is -0.136. The summed E-state index contributed by atoms with van der Waals surface area (Å²) in [5.74, 6) is 0.725. The maximum Gasteiger partial charge on any atom is 0.235 e. The lowest BCUT2D eigenvalue weighted by Gasteiger charge is -2.28. The van der Waals surface area contributed by atoms with Crippen LogP contribution in [0.15, 0.2) is 16.7 Å². The first kappa shape index (κ1) is 13.7. The second-order valence-electron chi connectivity index (χ2n) is 4.65. The van der Waals surface area contributed by atoms with Gasteiger partial charge in [-0.15, -0.1) is 0 Å². The van der Waals surface area contributed by atoms with Crippen LogP contribution in [0.3, 0.4) is 0 Å². The molecule has 4 nitrogen and oxygen atoms in total. The molecule has 2 N–H and O–H groups in total. The van der Waals surface area contributed by atoms with E-state index in [2.05, 4.69) is 0 Å². The number of amides is 1. The van der Waals surface area contributed by atoms with Gasteiger partial charge in [-0.3, -0.25) is 4.79 Å². The number of carbonyl (C=O) groups excluding carboxylic acids is 1. The van der Waals surface area contributed by atoms with Crippen molar-refractivity contribution in [2.24, 2.45) is 11.1 Å². The number of rotatable bonds is 4. The Balaban J connectivity index is 2.78. The van der Waals surface area contributed by atoms with Crippen molar-refractivity contribution in [3.8, 4) is 0 Å². The van der Waals surface area contributed by atoms with Crippen molar-refractivity contribution >= 4 is 23.1 Å². The van der Waals surface area contributed by atoms with Crippen LogP contribution in [0.25, 0.3) is 0 Å². The standard InChI is InChI=1S/C12H18N2O2S/c1-8-9(5-6-16-8)7-14(4)11(15)12(2,3)10(13)17/h5-6H,7H2,1-4H3,(H2,13,17). The smallest absolute Gasteiger partial charge is 0.235 e. The number of thiocarbonyl (C=S) groups is 1. The lowest BCUT2D eigenvalue weighted by Crippen LogP contribution is -2.45. The van der Waals surface area contributed by atoms with E-state index in [9.17, 15) is 4.79 Å². The van der Waals surface area contributed by atoms with E-state index in [1.54, 1.807) is 32.1 Å². The third-order valence-corrected chi connectivity index (χ3v) is 3.38. The molecule has 0 unspecified atom stereocenters. The van der Waals surface area contributed by atoms with Gasteiger partial charge in [0.2, 0.25) is 5.91 Å². The highest BCUT2D eigenvalue weighted by Crippen LogP contribution is 2.20. The van der Waals surface area contributed by atoms with Gasteiger partial charge in [-0.25, -0.2) is 0 Å². The molecule has 0 bridgehead atoms. The largest absolute Gasteiger partial charge is 0.469 e. The monoisotopic (exact) mass is 254 g/mol. The summed E-state index contributed by atoms with van der Waals surface area (Å²) in [6.07, 6.45) is 1.61. The predicted molar refractivity (Wildman–Crippen MR) is 70.5 cm³/mol. The van der Waals surface area contributed by atoms with Crippen molar-refractivity contribution in [2.75, 3.05) is 7.05 Å². The first-order valence-corrected chi connectivity index (χ1v) is 5.76. The minimum atomic E-state index is -0.818. The van der Waals surface area contributed by atoms with Gasteiger partial charge in [0.1, 0.15) is 5.76 Å². The summed E-state index contributed by atoms with van der Waals surface area (Å²) >= 11 is 4.91. The lowest BCUT2D eigenvalue weighted by atomic mass is 9.91. The third-order valence-electron chi connectivity index (χ3n) is 2.87. The van der Waals surface area contributed by atoms with E-state index in [1.807, 2.05) is 13.0 Å². The third kappa shape index (κ3) is 2.85. The molecule has 5 heteroatoms. The number of hydrogen-bond donors (Lipinski definition) is 1. The molecule has 0 radical (unpaired) electrons. The molecule has 1 heterocycles. The summed E-state index contributed by atoms with van der Waals surface area (Å²) in [6.45, 7) is 5.83. The maximum atomic E-state index is 12.2. The zero-order valence-electron chi connectivity index (χ0n) is 10.6. The first-order chi connectivity index (χ1) is 7.76. The van der Waals surface area contributed by atoms with Crippen molar-refractivity contribution < 1.29 is 9.21 Å². The Hall–Kier alpha value is -1.36. The SMILES string of the molecule is Cc1occc1CN(C)C(=O)C(C)(C)C(N)=S. The zero-order chi connectivity index (χ0) is 13.2. The molecule has 0 saturated heterocycles. The van der Waals surface area contributed by atoms with Crippen LogP contribution >= 0.6 is 12.2 Å². The second kappa shape index (κ2) is 4.87. The molecular weight excluding hydrogens is 236 g/mol. The van der Waals surface area contributed by atoms with E-state index in [0.29, 0.717) is 6.54 Å². The maximum absolute atomic E-state index is 12.2. The molecule has 0 spiro atoms. The van der Waals surface area contributed by atoms with Crippen molar-refractivity contribution in [3.05, 3.63) is 23.7 Å². The molecule has 94 valence electrons. The van der Waals surface area contributed by atoms with Gasteiger partial charge in [0, 0.05) is 19.2 Å². The van der Waals surface area contributed by atoms with E-state index in [1.165, 1.54) is 0 Å². The summed E-state index contributed by atoms with van der Waals surface area (Å²) in [5, 5.41) is 0. The van der Waals surface area contributed by atoms with E-state index in [4.69, 9.17) is 22.4 Å². The summed E-state index contributed by atoms with van der Waals surface area (Å²) in [5.41, 5.74) is 5.75. The normalized spacial score (nSPS) is 11.3. The molecule has 0 saturated carbocycles. The molecule has 1 amide bonds. The number of aryl methyl sites for hydroxylation is 1. The molecular formula is C12H18N2O2S. The van der Waals surface area contributed by atoms with Crippen LogP contribution in [-0.4, -0.2) is 22.8 Å². The molecule has 0 aliphatic heterocycles. The Kier molecular flexibility index (Phi) is 3.93. The molecule has 1 aromatic heterocycles. The minimum absolute atomic E-state index is 0.0920. The molecule has 0 aromatic carbocycles. The number of furan rings is 1. The number of nitrogens with two attached hydrogens (primary N) is 1. The van der Waals surface area contributed by atoms with Gasteiger partial charge in [0.25, 0.3) is 0 Å². The van der Waals surface area contributed by atoms with Crippen LogP contribution in [0.4, 0.5) is 0 Å². The summed E-state index contributed by atoms with van der Waals surface area (Å²) < 4.78 is 5.19. The topological polar surface area (TPSA) is 59.5 Å². The van der Waals surface area contributed by atoms with E-state index in [-0.39, 0.29) is 10.9 Å². The van der Waals surface area contributed by atoms with E-state index in [0.717, 1.165) is 11.3 Å². The molecule has 0 aliphatic carbocycles. The van der Waals surface area contributed by atoms with Crippen LogP contribution in [0.5, 0.6) is 0 Å². The molecule has 1 aromatic rings. The quantitative estimate of drug-likeness (QED) is 0.833. The van der Waals surface area contributed by atoms with Gasteiger partial charge in [-0.2, -0.15) is 0 Å². The van der Waals surface area contributed by atoms with Crippen LogP contribution in [0.1, 0.15) is 25.2 Å². The zero-order valence-corrected chi connectivity index (χ0v) is 11.4. The van der Waals surface area contributed by atoms with Gasteiger partial charge >= 0.3 is 0 Å². The summed E-state index contributed by atoms with van der Waals surface area (Å²) in [7, 11) is 1.73. The minimum Gasteiger partial charge on any atom is -0.469 e. The molecule has 0 atom stereocenters. The highest BCUT2D eigenvalue weighted by Gasteiger charge is 2.33. The fourth-order valence-corrected chi connectivity index (χ4v) is 1.57. The van der Waals surface area contributed by atoms with Crippen molar-refractivity contribution in [1.82, 2.24) is 4.90 Å². The van der Waals surface area contributed by atoms with Crippen LogP contribution in [0, 0.1) is 12.3 Å². The highest BCUT2D eigenvalue weighted by atomic mass is 32.1. The Bertz CT molecular complexity index is 437. The van der Waals surface area contributed by atoms with Crippen molar-refractivity contribution in [2.45, 2.75) is 27.3 Å². The number of nitrogens with zero attached hydrogens (tertiary/aromatic N) is 1. The molecule has 0 aliphatic rings.